The van der Waals surface area contributed by atoms with Gasteiger partial charge in [-0.2, -0.15) is 0 Å². The van der Waals surface area contributed by atoms with Gasteiger partial charge < -0.3 is 10.3 Å². The summed E-state index contributed by atoms with van der Waals surface area (Å²) < 4.78 is 1.66. The molecule has 0 saturated carbocycles. The van der Waals surface area contributed by atoms with E-state index in [-0.39, 0.29) is 5.69 Å². The zero-order chi connectivity index (χ0) is 12.5. The molecule has 1 saturated heterocycles. The van der Waals surface area contributed by atoms with E-state index in [0.29, 0.717) is 0 Å². The zero-order valence-corrected chi connectivity index (χ0v) is 10.7. The first-order valence-electron chi connectivity index (χ1n) is 6.62. The SMILES string of the molecule is Cn1c(=O)[nH]c2cc(CC3CCNCC3)ccc21. The van der Waals surface area contributed by atoms with Crippen LogP contribution in [0.5, 0.6) is 0 Å². The van der Waals surface area contributed by atoms with Gasteiger partial charge in [-0.05, 0) is 56.0 Å². The lowest BCUT2D eigenvalue weighted by Crippen LogP contribution is -2.28. The second-order valence-electron chi connectivity index (χ2n) is 5.24. The van der Waals surface area contributed by atoms with Crippen LogP contribution in [0.1, 0.15) is 18.4 Å². The van der Waals surface area contributed by atoms with Gasteiger partial charge in [-0.1, -0.05) is 6.07 Å². The second-order valence-corrected chi connectivity index (χ2v) is 5.24. The molecule has 0 bridgehead atoms. The largest absolute Gasteiger partial charge is 0.326 e. The van der Waals surface area contributed by atoms with Gasteiger partial charge in [-0.3, -0.25) is 4.57 Å². The van der Waals surface area contributed by atoms with E-state index in [1.165, 1.54) is 18.4 Å². The highest BCUT2D eigenvalue weighted by Gasteiger charge is 2.14. The summed E-state index contributed by atoms with van der Waals surface area (Å²) in [6, 6.07) is 6.32. The van der Waals surface area contributed by atoms with E-state index in [0.717, 1.165) is 36.5 Å². The number of rotatable bonds is 2. The fourth-order valence-electron chi connectivity index (χ4n) is 2.83. The van der Waals surface area contributed by atoms with Crippen molar-refractivity contribution in [3.8, 4) is 0 Å². The molecule has 0 spiro atoms. The molecular formula is C14H19N3O. The van der Waals surface area contributed by atoms with Crippen molar-refractivity contribution in [2.45, 2.75) is 19.3 Å². The Hall–Kier alpha value is -1.55. The maximum atomic E-state index is 11.5. The third kappa shape index (κ3) is 2.08. The van der Waals surface area contributed by atoms with Crippen molar-refractivity contribution >= 4 is 11.0 Å². The third-order valence-corrected chi connectivity index (χ3v) is 3.95. The van der Waals surface area contributed by atoms with Crippen LogP contribution in [0.15, 0.2) is 23.0 Å². The van der Waals surface area contributed by atoms with Crippen molar-refractivity contribution in [1.29, 1.82) is 0 Å². The first kappa shape index (κ1) is 11.5. The molecule has 0 amide bonds. The Bertz CT molecular complexity index is 605. The van der Waals surface area contributed by atoms with Gasteiger partial charge in [0.1, 0.15) is 0 Å². The molecule has 1 aromatic heterocycles. The minimum atomic E-state index is -0.0379. The van der Waals surface area contributed by atoms with Crippen LogP contribution in [-0.4, -0.2) is 22.6 Å². The molecular weight excluding hydrogens is 226 g/mol. The zero-order valence-electron chi connectivity index (χ0n) is 10.7. The molecule has 18 heavy (non-hydrogen) atoms. The summed E-state index contributed by atoms with van der Waals surface area (Å²) >= 11 is 0. The number of piperidine rings is 1. The predicted molar refractivity (Wildman–Crippen MR) is 72.8 cm³/mol. The maximum Gasteiger partial charge on any atom is 0.326 e. The van der Waals surface area contributed by atoms with Crippen molar-refractivity contribution in [2.75, 3.05) is 13.1 Å². The first-order chi connectivity index (χ1) is 8.74. The van der Waals surface area contributed by atoms with Crippen LogP contribution in [-0.2, 0) is 13.5 Å². The van der Waals surface area contributed by atoms with E-state index in [9.17, 15) is 4.79 Å². The van der Waals surface area contributed by atoms with E-state index in [4.69, 9.17) is 0 Å². The Morgan fingerprint density at radius 2 is 2.11 bits per heavy atom. The topological polar surface area (TPSA) is 49.8 Å². The molecule has 1 aromatic carbocycles. The number of nitrogens with one attached hydrogen (secondary N) is 2. The summed E-state index contributed by atoms with van der Waals surface area (Å²) in [5, 5.41) is 3.39. The number of aromatic amines is 1. The third-order valence-electron chi connectivity index (χ3n) is 3.95. The Kier molecular flexibility index (Phi) is 2.96. The van der Waals surface area contributed by atoms with E-state index >= 15 is 0 Å². The van der Waals surface area contributed by atoms with Crippen molar-refractivity contribution < 1.29 is 0 Å². The molecule has 4 heteroatoms. The molecule has 96 valence electrons. The fourth-order valence-corrected chi connectivity index (χ4v) is 2.83. The van der Waals surface area contributed by atoms with Gasteiger partial charge in [0.15, 0.2) is 0 Å². The number of benzene rings is 1. The van der Waals surface area contributed by atoms with Crippen LogP contribution < -0.4 is 11.0 Å². The molecule has 0 aliphatic carbocycles. The van der Waals surface area contributed by atoms with Gasteiger partial charge in [0.2, 0.25) is 0 Å². The maximum absolute atomic E-state index is 11.5. The van der Waals surface area contributed by atoms with E-state index in [1.54, 1.807) is 11.6 Å². The summed E-state index contributed by atoms with van der Waals surface area (Å²) in [5.74, 6) is 0.777. The Labute approximate surface area is 106 Å². The minimum Gasteiger partial charge on any atom is -0.317 e. The van der Waals surface area contributed by atoms with Crippen molar-refractivity contribution in [2.24, 2.45) is 13.0 Å². The van der Waals surface area contributed by atoms with Gasteiger partial charge in [0, 0.05) is 7.05 Å². The van der Waals surface area contributed by atoms with Crippen LogP contribution in [0.3, 0.4) is 0 Å². The molecule has 4 nitrogen and oxygen atoms in total. The standard InChI is InChI=1S/C14H19N3O/c1-17-13-3-2-11(9-12(13)16-14(17)18)8-10-4-6-15-7-5-10/h2-3,9-10,15H,4-8H2,1H3,(H,16,18). The Morgan fingerprint density at radius 1 is 1.33 bits per heavy atom. The Morgan fingerprint density at radius 3 is 2.89 bits per heavy atom. The van der Waals surface area contributed by atoms with Crippen molar-refractivity contribution in [3.05, 3.63) is 34.2 Å². The molecule has 0 radical (unpaired) electrons. The molecule has 2 N–H and O–H groups in total. The van der Waals surface area contributed by atoms with Crippen molar-refractivity contribution in [1.82, 2.24) is 14.9 Å². The van der Waals surface area contributed by atoms with Gasteiger partial charge in [0.25, 0.3) is 0 Å². The van der Waals surface area contributed by atoms with Crippen molar-refractivity contribution in [3.63, 3.8) is 0 Å². The molecule has 1 aliphatic heterocycles. The van der Waals surface area contributed by atoms with Crippen LogP contribution in [0.2, 0.25) is 0 Å². The minimum absolute atomic E-state index is 0.0379. The number of aryl methyl sites for hydroxylation is 1. The molecule has 1 fully saturated rings. The van der Waals surface area contributed by atoms with Crippen LogP contribution in [0.25, 0.3) is 11.0 Å². The van der Waals surface area contributed by atoms with Crippen LogP contribution >= 0.6 is 0 Å². The monoisotopic (exact) mass is 245 g/mol. The summed E-state index contributed by atoms with van der Waals surface area (Å²) in [7, 11) is 1.80. The second kappa shape index (κ2) is 4.61. The lowest BCUT2D eigenvalue weighted by molar-refractivity contribution is 0.373. The number of aromatic nitrogens is 2. The highest BCUT2D eigenvalue weighted by molar-refractivity contribution is 5.75. The normalized spacial score (nSPS) is 17.4. The Balaban J connectivity index is 1.86. The summed E-state index contributed by atoms with van der Waals surface area (Å²) in [5.41, 5.74) is 3.23. The lowest BCUT2D eigenvalue weighted by Gasteiger charge is -2.22. The van der Waals surface area contributed by atoms with Gasteiger partial charge >= 0.3 is 5.69 Å². The summed E-state index contributed by atoms with van der Waals surface area (Å²) in [6.45, 7) is 2.27. The number of hydrogen-bond donors (Lipinski definition) is 2. The summed E-state index contributed by atoms with van der Waals surface area (Å²) in [6.07, 6.45) is 3.63. The lowest BCUT2D eigenvalue weighted by atomic mass is 9.91. The highest BCUT2D eigenvalue weighted by Crippen LogP contribution is 2.20. The van der Waals surface area contributed by atoms with E-state index < -0.39 is 0 Å². The quantitative estimate of drug-likeness (QED) is 0.840. The average Bonchev–Trinajstić information content (AvgIpc) is 2.66. The van der Waals surface area contributed by atoms with E-state index in [2.05, 4.69) is 22.4 Å². The number of nitrogens with zero attached hydrogens (tertiary/aromatic N) is 1. The molecule has 0 atom stereocenters. The van der Waals surface area contributed by atoms with Gasteiger partial charge in [0.05, 0.1) is 11.0 Å². The molecule has 2 heterocycles. The van der Waals surface area contributed by atoms with Gasteiger partial charge in [-0.15, -0.1) is 0 Å². The number of hydrogen-bond acceptors (Lipinski definition) is 2. The molecule has 3 rings (SSSR count). The highest BCUT2D eigenvalue weighted by atomic mass is 16.1. The molecule has 0 unspecified atom stereocenters. The number of H-pyrrole nitrogens is 1. The number of imidazole rings is 1. The van der Waals surface area contributed by atoms with E-state index in [1.807, 2.05) is 6.07 Å². The smallest absolute Gasteiger partial charge is 0.317 e. The van der Waals surface area contributed by atoms with Crippen LogP contribution in [0.4, 0.5) is 0 Å². The van der Waals surface area contributed by atoms with Gasteiger partial charge in [-0.25, -0.2) is 4.79 Å². The van der Waals surface area contributed by atoms with Crippen LogP contribution in [0, 0.1) is 5.92 Å². The predicted octanol–water partition coefficient (Wildman–Crippen LogP) is 1.41. The summed E-state index contributed by atoms with van der Waals surface area (Å²) in [4.78, 5) is 14.4. The average molecular weight is 245 g/mol. The number of fused-ring (bicyclic) bond motifs is 1. The fraction of sp³-hybridized carbons (Fsp3) is 0.500. The molecule has 2 aromatic rings. The first-order valence-corrected chi connectivity index (χ1v) is 6.62. The molecule has 1 aliphatic rings.